The van der Waals surface area contributed by atoms with Crippen molar-refractivity contribution in [2.45, 2.75) is 59.0 Å². The molecule has 1 N–H and O–H groups in total. The molecule has 22 heavy (non-hydrogen) atoms. The number of allylic oxidation sites excluding steroid dienone is 2. The first-order valence-corrected chi connectivity index (χ1v) is 8.15. The maximum absolute atomic E-state index is 12.7. The molecule has 1 aliphatic heterocycles. The molecule has 1 heterocycles. The number of fused-ring (bicyclic) bond motifs is 1. The second-order valence-electron chi connectivity index (χ2n) is 7.01. The van der Waals surface area contributed by atoms with Crippen LogP contribution in [-0.2, 0) is 14.4 Å². The summed E-state index contributed by atoms with van der Waals surface area (Å²) in [6.07, 6.45) is 5.63. The van der Waals surface area contributed by atoms with Crippen molar-refractivity contribution in [1.82, 2.24) is 10.2 Å². The maximum atomic E-state index is 12.7. The van der Waals surface area contributed by atoms with Gasteiger partial charge in [-0.05, 0) is 39.0 Å². The molecule has 2 aliphatic rings. The molecule has 2 rings (SSSR count). The molecular weight excluding hydrogens is 280 g/mol. The van der Waals surface area contributed by atoms with Gasteiger partial charge in [0.05, 0.1) is 11.8 Å². The maximum Gasteiger partial charge on any atom is 0.243 e. The minimum Gasteiger partial charge on any atom is -0.352 e. The lowest BCUT2D eigenvalue weighted by atomic mass is 9.85. The van der Waals surface area contributed by atoms with Crippen molar-refractivity contribution in [3.63, 3.8) is 0 Å². The van der Waals surface area contributed by atoms with Gasteiger partial charge in [-0.3, -0.25) is 19.3 Å². The normalized spacial score (nSPS) is 25.8. The molecule has 0 saturated carbocycles. The second kappa shape index (κ2) is 6.63. The number of nitrogens with one attached hydrogen (secondary N) is 1. The van der Waals surface area contributed by atoms with Crippen molar-refractivity contribution in [3.8, 4) is 0 Å². The van der Waals surface area contributed by atoms with Crippen molar-refractivity contribution in [2.24, 2.45) is 17.8 Å². The number of hydrogen-bond acceptors (Lipinski definition) is 3. The number of rotatable bonds is 5. The van der Waals surface area contributed by atoms with Gasteiger partial charge >= 0.3 is 0 Å². The zero-order chi connectivity index (χ0) is 16.4. The molecule has 3 amide bonds. The molecule has 0 bridgehead atoms. The SMILES string of the molecule is CC(C)CC(C(=O)NC(C)C)N1C(=O)C2CC=CCC2C1=O. The average Bonchev–Trinajstić information content (AvgIpc) is 2.68. The minimum atomic E-state index is -0.687. The van der Waals surface area contributed by atoms with Crippen molar-refractivity contribution in [2.75, 3.05) is 0 Å². The van der Waals surface area contributed by atoms with Gasteiger partial charge in [-0.15, -0.1) is 0 Å². The Balaban J connectivity index is 2.25. The molecule has 1 fully saturated rings. The van der Waals surface area contributed by atoms with Gasteiger partial charge in [0.25, 0.3) is 0 Å². The summed E-state index contributed by atoms with van der Waals surface area (Å²) in [7, 11) is 0. The van der Waals surface area contributed by atoms with E-state index in [4.69, 9.17) is 0 Å². The summed E-state index contributed by atoms with van der Waals surface area (Å²) in [5, 5.41) is 2.85. The molecule has 5 nitrogen and oxygen atoms in total. The van der Waals surface area contributed by atoms with Crippen LogP contribution in [-0.4, -0.2) is 34.7 Å². The number of imide groups is 1. The number of nitrogens with zero attached hydrogens (tertiary/aromatic N) is 1. The summed E-state index contributed by atoms with van der Waals surface area (Å²) < 4.78 is 0. The monoisotopic (exact) mass is 306 g/mol. The first-order chi connectivity index (χ1) is 10.3. The van der Waals surface area contributed by atoms with Crippen LogP contribution in [0.4, 0.5) is 0 Å². The summed E-state index contributed by atoms with van der Waals surface area (Å²) in [6.45, 7) is 7.74. The molecule has 1 saturated heterocycles. The van der Waals surface area contributed by atoms with E-state index in [9.17, 15) is 14.4 Å². The van der Waals surface area contributed by atoms with Crippen LogP contribution >= 0.6 is 0 Å². The number of likely N-dealkylation sites (tertiary alicyclic amines) is 1. The van der Waals surface area contributed by atoms with Crippen molar-refractivity contribution in [1.29, 1.82) is 0 Å². The topological polar surface area (TPSA) is 66.5 Å². The summed E-state index contributed by atoms with van der Waals surface area (Å²) >= 11 is 0. The highest BCUT2D eigenvalue weighted by atomic mass is 16.2. The van der Waals surface area contributed by atoms with Crippen LogP contribution in [0.25, 0.3) is 0 Å². The van der Waals surface area contributed by atoms with E-state index in [-0.39, 0.29) is 41.5 Å². The Bertz CT molecular complexity index is 470. The lowest BCUT2D eigenvalue weighted by Crippen LogP contribution is -2.51. The molecular formula is C17H26N2O3. The predicted octanol–water partition coefficient (Wildman–Crippen LogP) is 1.88. The molecule has 0 aromatic carbocycles. The first-order valence-electron chi connectivity index (χ1n) is 8.15. The first kappa shape index (κ1) is 16.7. The van der Waals surface area contributed by atoms with Crippen LogP contribution in [0.1, 0.15) is 47.0 Å². The Morgan fingerprint density at radius 1 is 1.14 bits per heavy atom. The Hall–Kier alpha value is -1.65. The highest BCUT2D eigenvalue weighted by molar-refractivity contribution is 6.08. The van der Waals surface area contributed by atoms with Gasteiger partial charge in [0.1, 0.15) is 6.04 Å². The number of carbonyl (C=O) groups is 3. The van der Waals surface area contributed by atoms with Crippen LogP contribution in [0.3, 0.4) is 0 Å². The van der Waals surface area contributed by atoms with Gasteiger partial charge in [-0.2, -0.15) is 0 Å². The van der Waals surface area contributed by atoms with Crippen LogP contribution in [0.5, 0.6) is 0 Å². The van der Waals surface area contributed by atoms with Gasteiger partial charge < -0.3 is 5.32 Å². The lowest BCUT2D eigenvalue weighted by Gasteiger charge is -2.28. The summed E-state index contributed by atoms with van der Waals surface area (Å²) in [5.41, 5.74) is 0. The van der Waals surface area contributed by atoms with Gasteiger partial charge in [0, 0.05) is 6.04 Å². The van der Waals surface area contributed by atoms with Crippen LogP contribution < -0.4 is 5.32 Å². The molecule has 5 heteroatoms. The number of hydrogen-bond donors (Lipinski definition) is 1. The Morgan fingerprint density at radius 3 is 2.05 bits per heavy atom. The highest BCUT2D eigenvalue weighted by Gasteiger charge is 2.51. The highest BCUT2D eigenvalue weighted by Crippen LogP contribution is 2.37. The van der Waals surface area contributed by atoms with E-state index < -0.39 is 6.04 Å². The lowest BCUT2D eigenvalue weighted by molar-refractivity contribution is -0.148. The third kappa shape index (κ3) is 3.23. The quantitative estimate of drug-likeness (QED) is 0.623. The minimum absolute atomic E-state index is 0.0149. The fourth-order valence-corrected chi connectivity index (χ4v) is 3.29. The Labute approximate surface area is 132 Å². The van der Waals surface area contributed by atoms with Crippen LogP contribution in [0.15, 0.2) is 12.2 Å². The second-order valence-corrected chi connectivity index (χ2v) is 7.01. The number of amides is 3. The molecule has 0 spiro atoms. The van der Waals surface area contributed by atoms with E-state index in [0.29, 0.717) is 19.3 Å². The van der Waals surface area contributed by atoms with E-state index in [1.54, 1.807) is 0 Å². The standard InChI is InChI=1S/C17H26N2O3/c1-10(2)9-14(15(20)18-11(3)4)19-16(21)12-7-5-6-8-13(12)17(19)22/h5-6,10-14H,7-9H2,1-4H3,(H,18,20). The van der Waals surface area contributed by atoms with E-state index in [2.05, 4.69) is 5.32 Å². The average molecular weight is 306 g/mol. The largest absolute Gasteiger partial charge is 0.352 e. The number of carbonyl (C=O) groups excluding carboxylic acids is 3. The summed E-state index contributed by atoms with van der Waals surface area (Å²) in [5.74, 6) is -0.910. The van der Waals surface area contributed by atoms with Crippen LogP contribution in [0, 0.1) is 17.8 Å². The smallest absolute Gasteiger partial charge is 0.243 e. The van der Waals surface area contributed by atoms with E-state index >= 15 is 0 Å². The molecule has 0 aromatic heterocycles. The van der Waals surface area contributed by atoms with E-state index in [1.807, 2.05) is 39.8 Å². The zero-order valence-corrected chi connectivity index (χ0v) is 13.8. The fraction of sp³-hybridized carbons (Fsp3) is 0.706. The molecule has 0 aromatic rings. The van der Waals surface area contributed by atoms with Crippen molar-refractivity contribution >= 4 is 17.7 Å². The third-order valence-electron chi connectivity index (χ3n) is 4.28. The van der Waals surface area contributed by atoms with Crippen molar-refractivity contribution < 1.29 is 14.4 Å². The Morgan fingerprint density at radius 2 is 1.64 bits per heavy atom. The van der Waals surface area contributed by atoms with Gasteiger partial charge in [0.15, 0.2) is 0 Å². The third-order valence-corrected chi connectivity index (χ3v) is 4.28. The molecule has 3 unspecified atom stereocenters. The van der Waals surface area contributed by atoms with Gasteiger partial charge in [-0.1, -0.05) is 26.0 Å². The predicted molar refractivity (Wildman–Crippen MR) is 83.7 cm³/mol. The van der Waals surface area contributed by atoms with Crippen LogP contribution in [0.2, 0.25) is 0 Å². The zero-order valence-electron chi connectivity index (χ0n) is 13.8. The van der Waals surface area contributed by atoms with Gasteiger partial charge in [-0.25, -0.2) is 0 Å². The van der Waals surface area contributed by atoms with E-state index in [0.717, 1.165) is 0 Å². The Kier molecular flexibility index (Phi) is 5.04. The molecule has 3 atom stereocenters. The van der Waals surface area contributed by atoms with Gasteiger partial charge in [0.2, 0.25) is 17.7 Å². The molecule has 1 aliphatic carbocycles. The van der Waals surface area contributed by atoms with Crippen molar-refractivity contribution in [3.05, 3.63) is 12.2 Å². The molecule has 122 valence electrons. The summed E-state index contributed by atoms with van der Waals surface area (Å²) in [6, 6.07) is -0.702. The van der Waals surface area contributed by atoms with E-state index in [1.165, 1.54) is 4.90 Å². The summed E-state index contributed by atoms with van der Waals surface area (Å²) in [4.78, 5) is 39.1. The fourth-order valence-electron chi connectivity index (χ4n) is 3.29. The molecule has 0 radical (unpaired) electrons.